The Morgan fingerprint density at radius 1 is 1.30 bits per heavy atom. The molecule has 27 heavy (non-hydrogen) atoms. The minimum Gasteiger partial charge on any atom is -0.359 e. The standard InChI is InChI=1S/C20H27N5O2/c1-4-17-12-19(24(3)14-15-6-5-11-23(2)13-15)22-20(21-17)16-7-9-18(10-8-16)25(26)27/h7-10,12,15H,4-6,11,13-14H2,1-3H3. The van der Waals surface area contributed by atoms with E-state index < -0.39 is 4.92 Å². The fraction of sp³-hybridized carbons (Fsp3) is 0.500. The lowest BCUT2D eigenvalue weighted by molar-refractivity contribution is -0.384. The number of benzene rings is 1. The summed E-state index contributed by atoms with van der Waals surface area (Å²) < 4.78 is 0. The van der Waals surface area contributed by atoms with Gasteiger partial charge in [0.2, 0.25) is 0 Å². The molecule has 1 atom stereocenters. The molecule has 0 aliphatic carbocycles. The molecule has 2 heterocycles. The zero-order valence-corrected chi connectivity index (χ0v) is 16.3. The number of piperidine rings is 1. The molecule has 0 bridgehead atoms. The number of rotatable bonds is 6. The van der Waals surface area contributed by atoms with Crippen LogP contribution in [-0.2, 0) is 6.42 Å². The Morgan fingerprint density at radius 2 is 2.04 bits per heavy atom. The number of hydrogen-bond donors (Lipinski definition) is 0. The number of aryl methyl sites for hydroxylation is 1. The lowest BCUT2D eigenvalue weighted by Gasteiger charge is -2.32. The highest BCUT2D eigenvalue weighted by Crippen LogP contribution is 2.24. The minimum atomic E-state index is -0.395. The van der Waals surface area contributed by atoms with Crippen molar-refractivity contribution in [3.8, 4) is 11.4 Å². The Bertz CT molecular complexity index is 793. The largest absolute Gasteiger partial charge is 0.359 e. The predicted molar refractivity (Wildman–Crippen MR) is 107 cm³/mol. The van der Waals surface area contributed by atoms with Gasteiger partial charge in [0.15, 0.2) is 5.82 Å². The predicted octanol–water partition coefficient (Wildman–Crippen LogP) is 3.39. The van der Waals surface area contributed by atoms with E-state index in [1.54, 1.807) is 12.1 Å². The topological polar surface area (TPSA) is 75.4 Å². The van der Waals surface area contributed by atoms with Crippen LogP contribution in [0.15, 0.2) is 30.3 Å². The van der Waals surface area contributed by atoms with Crippen LogP contribution in [0.5, 0.6) is 0 Å². The normalized spacial score (nSPS) is 17.7. The molecule has 1 unspecified atom stereocenters. The fourth-order valence-corrected chi connectivity index (χ4v) is 3.62. The van der Waals surface area contributed by atoms with E-state index in [2.05, 4.69) is 35.8 Å². The summed E-state index contributed by atoms with van der Waals surface area (Å²) in [5, 5.41) is 10.9. The van der Waals surface area contributed by atoms with Gasteiger partial charge in [0, 0.05) is 49.6 Å². The van der Waals surface area contributed by atoms with Crippen LogP contribution in [0, 0.1) is 16.0 Å². The SMILES string of the molecule is CCc1cc(N(C)CC2CCCN(C)C2)nc(-c2ccc([N+](=O)[O-])cc2)n1. The number of likely N-dealkylation sites (tertiary alicyclic amines) is 1. The number of non-ortho nitro benzene ring substituents is 1. The van der Waals surface area contributed by atoms with Gasteiger partial charge in [-0.1, -0.05) is 6.92 Å². The minimum absolute atomic E-state index is 0.0733. The number of nitrogens with zero attached hydrogens (tertiary/aromatic N) is 5. The van der Waals surface area contributed by atoms with Crippen LogP contribution in [0.3, 0.4) is 0 Å². The average molecular weight is 369 g/mol. The zero-order valence-electron chi connectivity index (χ0n) is 16.3. The maximum atomic E-state index is 10.9. The van der Waals surface area contributed by atoms with Gasteiger partial charge in [-0.05, 0) is 50.9 Å². The van der Waals surface area contributed by atoms with Gasteiger partial charge in [-0.15, -0.1) is 0 Å². The highest BCUT2D eigenvalue weighted by atomic mass is 16.6. The molecule has 1 aromatic carbocycles. The summed E-state index contributed by atoms with van der Waals surface area (Å²) in [6, 6.07) is 8.47. The van der Waals surface area contributed by atoms with Crippen LogP contribution in [0.25, 0.3) is 11.4 Å². The van der Waals surface area contributed by atoms with Gasteiger partial charge in [-0.25, -0.2) is 9.97 Å². The third-order valence-corrected chi connectivity index (χ3v) is 5.11. The number of hydrogen-bond acceptors (Lipinski definition) is 6. The van der Waals surface area contributed by atoms with Crippen molar-refractivity contribution in [1.82, 2.24) is 14.9 Å². The lowest BCUT2D eigenvalue weighted by Crippen LogP contribution is -2.38. The summed E-state index contributed by atoms with van der Waals surface area (Å²) in [4.78, 5) is 24.4. The van der Waals surface area contributed by atoms with Crippen molar-refractivity contribution in [2.45, 2.75) is 26.2 Å². The van der Waals surface area contributed by atoms with Crippen LogP contribution >= 0.6 is 0 Å². The molecule has 2 aromatic rings. The summed E-state index contributed by atoms with van der Waals surface area (Å²) >= 11 is 0. The molecule has 1 aromatic heterocycles. The molecule has 0 N–H and O–H groups in total. The first-order valence-electron chi connectivity index (χ1n) is 9.48. The number of nitro benzene ring substituents is 1. The Labute approximate surface area is 160 Å². The molecule has 0 spiro atoms. The average Bonchev–Trinajstić information content (AvgIpc) is 2.67. The smallest absolute Gasteiger partial charge is 0.269 e. The summed E-state index contributed by atoms with van der Waals surface area (Å²) in [7, 11) is 4.26. The molecule has 7 heteroatoms. The molecule has 0 radical (unpaired) electrons. The van der Waals surface area contributed by atoms with Crippen molar-refractivity contribution in [3.63, 3.8) is 0 Å². The summed E-state index contributed by atoms with van der Waals surface area (Å²) in [6.45, 7) is 5.33. The summed E-state index contributed by atoms with van der Waals surface area (Å²) in [6.07, 6.45) is 3.30. The van der Waals surface area contributed by atoms with Gasteiger partial charge in [0.25, 0.3) is 5.69 Å². The van der Waals surface area contributed by atoms with Crippen LogP contribution in [0.1, 0.15) is 25.5 Å². The highest BCUT2D eigenvalue weighted by molar-refractivity contribution is 5.59. The molecule has 3 rings (SSSR count). The fourth-order valence-electron chi connectivity index (χ4n) is 3.62. The van der Waals surface area contributed by atoms with Crippen molar-refractivity contribution >= 4 is 11.5 Å². The Hall–Kier alpha value is -2.54. The van der Waals surface area contributed by atoms with Gasteiger partial charge < -0.3 is 9.80 Å². The van der Waals surface area contributed by atoms with E-state index >= 15 is 0 Å². The van der Waals surface area contributed by atoms with Gasteiger partial charge in [-0.3, -0.25) is 10.1 Å². The van der Waals surface area contributed by atoms with Crippen molar-refractivity contribution in [3.05, 3.63) is 46.1 Å². The van der Waals surface area contributed by atoms with Crippen molar-refractivity contribution in [1.29, 1.82) is 0 Å². The molecule has 1 aliphatic heterocycles. The maximum absolute atomic E-state index is 10.9. The van der Waals surface area contributed by atoms with E-state index in [0.717, 1.165) is 36.6 Å². The second kappa shape index (κ2) is 8.43. The molecular formula is C20H27N5O2. The van der Waals surface area contributed by atoms with E-state index in [-0.39, 0.29) is 5.69 Å². The van der Waals surface area contributed by atoms with Gasteiger partial charge in [0.05, 0.1) is 4.92 Å². The van der Waals surface area contributed by atoms with Crippen molar-refractivity contribution in [2.75, 3.05) is 38.6 Å². The lowest BCUT2D eigenvalue weighted by atomic mass is 9.98. The Kier molecular flexibility index (Phi) is 6.01. The van der Waals surface area contributed by atoms with E-state index in [0.29, 0.717) is 11.7 Å². The van der Waals surface area contributed by atoms with Crippen LogP contribution in [0.4, 0.5) is 11.5 Å². The summed E-state index contributed by atoms with van der Waals surface area (Å²) in [5.41, 5.74) is 1.84. The number of anilines is 1. The second-order valence-corrected chi connectivity index (χ2v) is 7.35. The molecule has 144 valence electrons. The maximum Gasteiger partial charge on any atom is 0.269 e. The molecule has 7 nitrogen and oxygen atoms in total. The molecule has 0 amide bonds. The number of nitro groups is 1. The van der Waals surface area contributed by atoms with Crippen LogP contribution in [0.2, 0.25) is 0 Å². The van der Waals surface area contributed by atoms with E-state index in [1.807, 2.05) is 6.07 Å². The van der Waals surface area contributed by atoms with E-state index in [9.17, 15) is 10.1 Å². The molecular weight excluding hydrogens is 342 g/mol. The van der Waals surface area contributed by atoms with Crippen molar-refractivity contribution < 1.29 is 4.92 Å². The quantitative estimate of drug-likeness (QED) is 0.574. The zero-order chi connectivity index (χ0) is 19.4. The van der Waals surface area contributed by atoms with Gasteiger partial charge in [-0.2, -0.15) is 0 Å². The number of aromatic nitrogens is 2. The molecule has 0 saturated carbocycles. The van der Waals surface area contributed by atoms with Gasteiger partial charge in [0.1, 0.15) is 5.82 Å². The summed E-state index contributed by atoms with van der Waals surface area (Å²) in [5.74, 6) is 2.16. The van der Waals surface area contributed by atoms with Crippen LogP contribution in [-0.4, -0.2) is 53.5 Å². The Morgan fingerprint density at radius 3 is 2.67 bits per heavy atom. The third-order valence-electron chi connectivity index (χ3n) is 5.11. The molecule has 1 aliphatic rings. The highest BCUT2D eigenvalue weighted by Gasteiger charge is 2.20. The van der Waals surface area contributed by atoms with E-state index in [4.69, 9.17) is 4.98 Å². The Balaban J connectivity index is 1.83. The second-order valence-electron chi connectivity index (χ2n) is 7.35. The monoisotopic (exact) mass is 369 g/mol. The third kappa shape index (κ3) is 4.80. The first kappa shape index (κ1) is 19.2. The van der Waals surface area contributed by atoms with E-state index in [1.165, 1.54) is 31.5 Å². The van der Waals surface area contributed by atoms with Crippen LogP contribution < -0.4 is 4.90 Å². The molecule has 1 fully saturated rings. The first-order chi connectivity index (χ1) is 13.0. The van der Waals surface area contributed by atoms with Gasteiger partial charge >= 0.3 is 0 Å². The first-order valence-corrected chi connectivity index (χ1v) is 9.48. The van der Waals surface area contributed by atoms with Crippen molar-refractivity contribution in [2.24, 2.45) is 5.92 Å². The molecule has 1 saturated heterocycles.